The van der Waals surface area contributed by atoms with Gasteiger partial charge in [0.25, 0.3) is 0 Å². The molecule has 0 spiro atoms. The summed E-state index contributed by atoms with van der Waals surface area (Å²) in [6.07, 6.45) is 0. The lowest BCUT2D eigenvalue weighted by Crippen LogP contribution is -2.20. The van der Waals surface area contributed by atoms with Gasteiger partial charge in [-0.25, -0.2) is 9.18 Å². The van der Waals surface area contributed by atoms with E-state index in [0.29, 0.717) is 5.69 Å². The highest BCUT2D eigenvalue weighted by atomic mass is 19.1. The molecule has 0 heterocycles. The smallest absolute Gasteiger partial charge is 0.307 e. The van der Waals surface area contributed by atoms with Crippen LogP contribution in [0.15, 0.2) is 30.3 Å². The van der Waals surface area contributed by atoms with E-state index < -0.39 is 11.8 Å². The Morgan fingerprint density at radius 3 is 2.35 bits per heavy atom. The number of hydrogen-bond acceptors (Lipinski definition) is 1. The van der Waals surface area contributed by atoms with Crippen LogP contribution in [0.2, 0.25) is 0 Å². The maximum Gasteiger partial charge on any atom is 0.323 e. The third-order valence-electron chi connectivity index (χ3n) is 2.93. The molecule has 2 rings (SSSR count). The van der Waals surface area contributed by atoms with Gasteiger partial charge in [-0.15, -0.1) is 0 Å². The first-order valence-corrected chi connectivity index (χ1v) is 6.29. The summed E-state index contributed by atoms with van der Waals surface area (Å²) in [5, 5.41) is 5.34. The zero-order valence-corrected chi connectivity index (χ0v) is 11.7. The average Bonchev–Trinajstić information content (AvgIpc) is 2.33. The van der Waals surface area contributed by atoms with Gasteiger partial charge in [-0.3, -0.25) is 0 Å². The number of hydrogen-bond donors (Lipinski definition) is 2. The maximum atomic E-state index is 13.0. The van der Waals surface area contributed by atoms with Crippen molar-refractivity contribution in [3.05, 3.63) is 58.9 Å². The molecule has 0 aliphatic rings. The fourth-order valence-electron chi connectivity index (χ4n) is 2.16. The summed E-state index contributed by atoms with van der Waals surface area (Å²) in [6, 6.07) is 10.2. The lowest BCUT2D eigenvalue weighted by atomic mass is 10.1. The quantitative estimate of drug-likeness (QED) is 0.844. The van der Waals surface area contributed by atoms with Crippen molar-refractivity contribution in [2.45, 2.75) is 20.8 Å². The highest BCUT2D eigenvalue weighted by Crippen LogP contribution is 2.22. The highest BCUT2D eigenvalue weighted by Gasteiger charge is 2.08. The molecule has 0 aliphatic carbocycles. The Bertz CT molecular complexity index is 630. The van der Waals surface area contributed by atoms with Gasteiger partial charge in [0.2, 0.25) is 0 Å². The summed E-state index contributed by atoms with van der Waals surface area (Å²) < 4.78 is 13.0. The number of amides is 2. The Morgan fingerprint density at radius 1 is 1.10 bits per heavy atom. The molecular formula is C16H16FN2O. The van der Waals surface area contributed by atoms with Crippen LogP contribution in [-0.4, -0.2) is 6.03 Å². The van der Waals surface area contributed by atoms with Crippen molar-refractivity contribution in [2.24, 2.45) is 0 Å². The Labute approximate surface area is 117 Å². The van der Waals surface area contributed by atoms with Gasteiger partial charge in [-0.1, -0.05) is 17.7 Å². The number of halogens is 1. The molecule has 2 amide bonds. The van der Waals surface area contributed by atoms with Crippen LogP contribution in [0.1, 0.15) is 16.7 Å². The first kappa shape index (κ1) is 14.1. The predicted octanol–water partition coefficient (Wildman–Crippen LogP) is 4.20. The minimum Gasteiger partial charge on any atom is -0.307 e. The zero-order valence-electron chi connectivity index (χ0n) is 11.7. The van der Waals surface area contributed by atoms with Gasteiger partial charge in [-0.2, -0.15) is 0 Å². The molecule has 2 aromatic rings. The number of benzene rings is 2. The van der Waals surface area contributed by atoms with E-state index in [1.165, 1.54) is 18.2 Å². The van der Waals surface area contributed by atoms with Crippen molar-refractivity contribution in [1.29, 1.82) is 0 Å². The molecular weight excluding hydrogens is 255 g/mol. The molecule has 0 atom stereocenters. The second kappa shape index (κ2) is 5.74. The van der Waals surface area contributed by atoms with Gasteiger partial charge in [0.1, 0.15) is 5.82 Å². The predicted molar refractivity (Wildman–Crippen MR) is 78.5 cm³/mol. The third-order valence-corrected chi connectivity index (χ3v) is 2.93. The summed E-state index contributed by atoms with van der Waals surface area (Å²) in [7, 11) is 0. The number of carbonyl (C=O) groups is 1. The van der Waals surface area contributed by atoms with E-state index in [4.69, 9.17) is 0 Å². The van der Waals surface area contributed by atoms with E-state index in [1.54, 1.807) is 0 Å². The Balaban J connectivity index is 2.13. The number of nitrogens with one attached hydrogen (secondary N) is 2. The molecule has 0 bridgehead atoms. The minimum atomic E-state index is -0.415. The first-order chi connectivity index (χ1) is 9.45. The second-order valence-electron chi connectivity index (χ2n) is 4.77. The van der Waals surface area contributed by atoms with E-state index in [1.807, 2.05) is 32.9 Å². The van der Waals surface area contributed by atoms with E-state index in [-0.39, 0.29) is 0 Å². The molecule has 4 heteroatoms. The summed E-state index contributed by atoms with van der Waals surface area (Å²) in [5.41, 5.74) is 4.18. The third kappa shape index (κ3) is 3.35. The largest absolute Gasteiger partial charge is 0.323 e. The van der Waals surface area contributed by atoms with Crippen molar-refractivity contribution in [3.8, 4) is 0 Å². The Kier molecular flexibility index (Phi) is 4.03. The fourth-order valence-corrected chi connectivity index (χ4v) is 2.16. The van der Waals surface area contributed by atoms with E-state index in [2.05, 4.69) is 16.7 Å². The molecule has 2 aromatic carbocycles. The van der Waals surface area contributed by atoms with E-state index >= 15 is 0 Å². The number of anilines is 2. The number of urea groups is 1. The summed E-state index contributed by atoms with van der Waals surface area (Å²) in [5.74, 6) is -0.415. The second-order valence-corrected chi connectivity index (χ2v) is 4.77. The SMILES string of the molecule is Cc1cc(C)c(NC(=O)Nc2[c]ccc(F)c2)c(C)c1. The zero-order chi connectivity index (χ0) is 14.7. The summed E-state index contributed by atoms with van der Waals surface area (Å²) in [4.78, 5) is 11.9. The Hall–Kier alpha value is -2.36. The molecule has 103 valence electrons. The van der Waals surface area contributed by atoms with Crippen LogP contribution in [0.25, 0.3) is 0 Å². The molecule has 0 unspecified atom stereocenters. The average molecular weight is 271 g/mol. The van der Waals surface area contributed by atoms with Crippen LogP contribution < -0.4 is 10.6 Å². The fraction of sp³-hybridized carbons (Fsp3) is 0.188. The molecule has 3 nitrogen and oxygen atoms in total. The molecule has 0 saturated carbocycles. The number of carbonyl (C=O) groups excluding carboxylic acids is 1. The molecule has 1 radical (unpaired) electrons. The Morgan fingerprint density at radius 2 is 1.75 bits per heavy atom. The molecule has 0 fully saturated rings. The van der Waals surface area contributed by atoms with Crippen LogP contribution in [0.3, 0.4) is 0 Å². The number of rotatable bonds is 2. The van der Waals surface area contributed by atoms with E-state index in [0.717, 1.165) is 22.4 Å². The van der Waals surface area contributed by atoms with Crippen molar-refractivity contribution >= 4 is 17.4 Å². The van der Waals surface area contributed by atoms with Gasteiger partial charge >= 0.3 is 6.03 Å². The lowest BCUT2D eigenvalue weighted by molar-refractivity contribution is 0.262. The minimum absolute atomic E-state index is 0.296. The van der Waals surface area contributed by atoms with Crippen LogP contribution >= 0.6 is 0 Å². The maximum absolute atomic E-state index is 13.0. The van der Waals surface area contributed by atoms with Crippen LogP contribution in [-0.2, 0) is 0 Å². The van der Waals surface area contributed by atoms with Crippen molar-refractivity contribution < 1.29 is 9.18 Å². The molecule has 0 aliphatic heterocycles. The topological polar surface area (TPSA) is 41.1 Å². The normalized spacial score (nSPS) is 10.2. The van der Waals surface area contributed by atoms with Crippen LogP contribution in [0, 0.1) is 32.7 Å². The van der Waals surface area contributed by atoms with Gasteiger partial charge in [-0.05, 0) is 50.1 Å². The first-order valence-electron chi connectivity index (χ1n) is 6.29. The van der Waals surface area contributed by atoms with Crippen molar-refractivity contribution in [1.82, 2.24) is 0 Å². The number of aryl methyl sites for hydroxylation is 3. The van der Waals surface area contributed by atoms with Crippen molar-refractivity contribution in [2.75, 3.05) is 10.6 Å². The molecule has 20 heavy (non-hydrogen) atoms. The highest BCUT2D eigenvalue weighted by molar-refractivity contribution is 6.00. The van der Waals surface area contributed by atoms with Gasteiger partial charge in [0, 0.05) is 11.8 Å². The summed E-state index contributed by atoms with van der Waals surface area (Å²) >= 11 is 0. The monoisotopic (exact) mass is 271 g/mol. The van der Waals surface area contributed by atoms with Gasteiger partial charge < -0.3 is 10.6 Å². The van der Waals surface area contributed by atoms with Gasteiger partial charge in [0.05, 0.1) is 5.69 Å². The van der Waals surface area contributed by atoms with Crippen LogP contribution in [0.5, 0.6) is 0 Å². The molecule has 2 N–H and O–H groups in total. The van der Waals surface area contributed by atoms with Gasteiger partial charge in [0.15, 0.2) is 0 Å². The standard InChI is InChI=1S/C16H16FN2O/c1-10-7-11(2)15(12(3)8-10)19-16(20)18-14-6-4-5-13(17)9-14/h4-5,7-9H,1-3H3,(H2,18,19,20). The lowest BCUT2D eigenvalue weighted by Gasteiger charge is -2.13. The molecule has 0 saturated heterocycles. The van der Waals surface area contributed by atoms with E-state index in [9.17, 15) is 9.18 Å². The van der Waals surface area contributed by atoms with Crippen LogP contribution in [0.4, 0.5) is 20.6 Å². The summed E-state index contributed by atoms with van der Waals surface area (Å²) in [6.45, 7) is 5.87. The molecule has 0 aromatic heterocycles. The van der Waals surface area contributed by atoms with Crippen molar-refractivity contribution in [3.63, 3.8) is 0 Å².